The summed E-state index contributed by atoms with van der Waals surface area (Å²) in [7, 11) is 1.51. The normalized spacial score (nSPS) is 10.2. The van der Waals surface area contributed by atoms with Crippen molar-refractivity contribution in [2.75, 3.05) is 7.05 Å². The molecule has 90 valence electrons. The zero-order chi connectivity index (χ0) is 11.5. The molecule has 0 atom stereocenters. The maximum absolute atomic E-state index is 10.9. The molecule has 0 radical (unpaired) electrons. The van der Waals surface area contributed by atoms with E-state index in [1.54, 1.807) is 12.1 Å². The van der Waals surface area contributed by atoms with Crippen molar-refractivity contribution in [3.05, 3.63) is 29.8 Å². The average molecular weight is 245 g/mol. The second-order valence-corrected chi connectivity index (χ2v) is 3.89. The molecule has 5 heteroatoms. The summed E-state index contributed by atoms with van der Waals surface area (Å²) in [5.74, 6) is 0.502. The van der Waals surface area contributed by atoms with E-state index in [0.29, 0.717) is 5.75 Å². The molecule has 0 aromatic heterocycles. The number of carbonyl (C=O) groups is 1. The van der Waals surface area contributed by atoms with Crippen LogP contribution in [0.1, 0.15) is 19.4 Å². The average Bonchev–Trinajstić information content (AvgIpc) is 2.17. The summed E-state index contributed by atoms with van der Waals surface area (Å²) in [6, 6.07) is 7.13. The van der Waals surface area contributed by atoms with Crippen LogP contribution in [0.25, 0.3) is 0 Å². The fourth-order valence-electron chi connectivity index (χ4n) is 1.11. The van der Waals surface area contributed by atoms with Gasteiger partial charge in [0.05, 0.1) is 0 Å². The first kappa shape index (κ1) is 14.7. The Morgan fingerprint density at radius 2 is 1.81 bits per heavy atom. The van der Waals surface area contributed by atoms with Gasteiger partial charge in [-0.25, -0.2) is 4.79 Å². The molecule has 0 heterocycles. The second kappa shape index (κ2) is 5.72. The SMILES string of the molecule is CNC(=O)Oc1ccc(C(C)(C)N)cc1.Cl. The lowest BCUT2D eigenvalue weighted by atomic mass is 9.96. The van der Waals surface area contributed by atoms with Crippen molar-refractivity contribution in [1.82, 2.24) is 5.32 Å². The van der Waals surface area contributed by atoms with Gasteiger partial charge in [0.1, 0.15) is 5.75 Å². The number of amides is 1. The molecule has 16 heavy (non-hydrogen) atoms. The first-order valence-electron chi connectivity index (χ1n) is 4.72. The molecule has 0 spiro atoms. The molecule has 0 aliphatic carbocycles. The standard InChI is InChI=1S/C11H16N2O2.ClH/c1-11(2,12)8-4-6-9(7-5-8)15-10(14)13-3;/h4-7H,12H2,1-3H3,(H,13,14);1H. The van der Waals surface area contributed by atoms with Gasteiger partial charge in [0.15, 0.2) is 0 Å². The van der Waals surface area contributed by atoms with Crippen molar-refractivity contribution < 1.29 is 9.53 Å². The third-order valence-electron chi connectivity index (χ3n) is 2.01. The van der Waals surface area contributed by atoms with Crippen molar-refractivity contribution in [3.63, 3.8) is 0 Å². The fraction of sp³-hybridized carbons (Fsp3) is 0.364. The molecule has 0 fully saturated rings. The first-order valence-corrected chi connectivity index (χ1v) is 4.72. The Morgan fingerprint density at radius 3 is 2.19 bits per heavy atom. The minimum absolute atomic E-state index is 0. The minimum Gasteiger partial charge on any atom is -0.410 e. The molecular formula is C11H17ClN2O2. The van der Waals surface area contributed by atoms with E-state index in [2.05, 4.69) is 5.32 Å². The maximum atomic E-state index is 10.9. The van der Waals surface area contributed by atoms with Crippen LogP contribution >= 0.6 is 12.4 Å². The van der Waals surface area contributed by atoms with Gasteiger partial charge in [-0.2, -0.15) is 0 Å². The summed E-state index contributed by atoms with van der Waals surface area (Å²) in [5, 5.41) is 2.37. The summed E-state index contributed by atoms with van der Waals surface area (Å²) < 4.78 is 4.94. The van der Waals surface area contributed by atoms with E-state index in [4.69, 9.17) is 10.5 Å². The predicted molar refractivity (Wildman–Crippen MR) is 66.0 cm³/mol. The molecule has 0 aliphatic rings. The Hall–Kier alpha value is -1.26. The van der Waals surface area contributed by atoms with Gasteiger partial charge >= 0.3 is 6.09 Å². The van der Waals surface area contributed by atoms with E-state index in [9.17, 15) is 4.79 Å². The fourth-order valence-corrected chi connectivity index (χ4v) is 1.11. The second-order valence-electron chi connectivity index (χ2n) is 3.89. The molecule has 0 unspecified atom stereocenters. The Labute approximate surface area is 102 Å². The third kappa shape index (κ3) is 4.08. The number of nitrogens with one attached hydrogen (secondary N) is 1. The summed E-state index contributed by atoms with van der Waals surface area (Å²) in [4.78, 5) is 10.9. The lowest BCUT2D eigenvalue weighted by Crippen LogP contribution is -2.28. The van der Waals surface area contributed by atoms with Gasteiger partial charge in [-0.05, 0) is 31.5 Å². The Kier molecular flexibility index (Phi) is 5.27. The molecular weight excluding hydrogens is 228 g/mol. The molecule has 0 saturated heterocycles. The van der Waals surface area contributed by atoms with Crippen LogP contribution < -0.4 is 15.8 Å². The summed E-state index contributed by atoms with van der Waals surface area (Å²) in [6.45, 7) is 3.84. The van der Waals surface area contributed by atoms with Gasteiger partial charge in [-0.1, -0.05) is 12.1 Å². The summed E-state index contributed by atoms with van der Waals surface area (Å²) in [5.41, 5.74) is 6.52. The van der Waals surface area contributed by atoms with Gasteiger partial charge in [0.25, 0.3) is 0 Å². The van der Waals surface area contributed by atoms with Crippen LogP contribution in [0.2, 0.25) is 0 Å². The van der Waals surface area contributed by atoms with E-state index < -0.39 is 6.09 Å². The van der Waals surface area contributed by atoms with Crippen LogP contribution in [0.15, 0.2) is 24.3 Å². The number of halogens is 1. The van der Waals surface area contributed by atoms with E-state index >= 15 is 0 Å². The Bertz CT molecular complexity index is 344. The van der Waals surface area contributed by atoms with Crippen molar-refractivity contribution >= 4 is 18.5 Å². The van der Waals surface area contributed by atoms with Crippen LogP contribution in [0, 0.1) is 0 Å². The summed E-state index contributed by atoms with van der Waals surface area (Å²) in [6.07, 6.45) is -0.477. The largest absolute Gasteiger partial charge is 0.412 e. The number of rotatable bonds is 2. The molecule has 1 aromatic carbocycles. The molecule has 0 aliphatic heterocycles. The van der Waals surface area contributed by atoms with E-state index in [1.165, 1.54) is 7.05 Å². The minimum atomic E-state index is -0.477. The highest BCUT2D eigenvalue weighted by Crippen LogP contribution is 2.20. The van der Waals surface area contributed by atoms with Gasteiger partial charge < -0.3 is 15.8 Å². The monoisotopic (exact) mass is 244 g/mol. The molecule has 0 bridgehead atoms. The van der Waals surface area contributed by atoms with Gasteiger partial charge in [-0.15, -0.1) is 12.4 Å². The number of hydrogen-bond acceptors (Lipinski definition) is 3. The van der Waals surface area contributed by atoms with E-state index in [0.717, 1.165) is 5.56 Å². The topological polar surface area (TPSA) is 64.3 Å². The predicted octanol–water partition coefficient (Wildman–Crippen LogP) is 2.02. The number of ether oxygens (including phenoxy) is 1. The zero-order valence-corrected chi connectivity index (χ0v) is 10.4. The van der Waals surface area contributed by atoms with Gasteiger partial charge in [-0.3, -0.25) is 0 Å². The van der Waals surface area contributed by atoms with Crippen molar-refractivity contribution in [2.24, 2.45) is 5.73 Å². The maximum Gasteiger partial charge on any atom is 0.412 e. The van der Waals surface area contributed by atoms with Crippen LogP contribution in [-0.2, 0) is 5.54 Å². The van der Waals surface area contributed by atoms with E-state index in [1.807, 2.05) is 26.0 Å². The number of carbonyl (C=O) groups excluding carboxylic acids is 1. The molecule has 0 saturated carbocycles. The van der Waals surface area contributed by atoms with Gasteiger partial charge in [0.2, 0.25) is 0 Å². The third-order valence-corrected chi connectivity index (χ3v) is 2.01. The van der Waals surface area contributed by atoms with Crippen LogP contribution in [0.5, 0.6) is 5.75 Å². The molecule has 1 aromatic rings. The molecule has 4 nitrogen and oxygen atoms in total. The molecule has 1 amide bonds. The lowest BCUT2D eigenvalue weighted by Gasteiger charge is -2.19. The van der Waals surface area contributed by atoms with Crippen LogP contribution in [-0.4, -0.2) is 13.1 Å². The quantitative estimate of drug-likeness (QED) is 0.837. The molecule has 1 rings (SSSR count). The highest BCUT2D eigenvalue weighted by Gasteiger charge is 2.13. The van der Waals surface area contributed by atoms with Crippen LogP contribution in [0.3, 0.4) is 0 Å². The van der Waals surface area contributed by atoms with Gasteiger partial charge in [0, 0.05) is 12.6 Å². The highest BCUT2D eigenvalue weighted by molar-refractivity contribution is 5.85. The lowest BCUT2D eigenvalue weighted by molar-refractivity contribution is 0.203. The van der Waals surface area contributed by atoms with Crippen LogP contribution in [0.4, 0.5) is 4.79 Å². The highest BCUT2D eigenvalue weighted by atomic mass is 35.5. The zero-order valence-electron chi connectivity index (χ0n) is 9.61. The number of nitrogens with two attached hydrogens (primary N) is 1. The molecule has 3 N–H and O–H groups in total. The smallest absolute Gasteiger partial charge is 0.410 e. The first-order chi connectivity index (χ1) is 6.93. The van der Waals surface area contributed by atoms with Crippen molar-refractivity contribution in [1.29, 1.82) is 0 Å². The van der Waals surface area contributed by atoms with Crippen molar-refractivity contribution in [3.8, 4) is 5.75 Å². The Balaban J connectivity index is 0.00000225. The van der Waals surface area contributed by atoms with E-state index in [-0.39, 0.29) is 17.9 Å². The number of hydrogen-bond donors (Lipinski definition) is 2. The summed E-state index contributed by atoms with van der Waals surface area (Å²) >= 11 is 0. The Morgan fingerprint density at radius 1 is 1.31 bits per heavy atom. The van der Waals surface area contributed by atoms with Crippen molar-refractivity contribution in [2.45, 2.75) is 19.4 Å². The number of benzene rings is 1.